The molecule has 3 atom stereocenters. The zero-order chi connectivity index (χ0) is 34.4. The first-order valence-corrected chi connectivity index (χ1v) is 16.9. The zero-order valence-electron chi connectivity index (χ0n) is 27.4. The van der Waals surface area contributed by atoms with Crippen molar-refractivity contribution < 1.29 is 33.0 Å². The van der Waals surface area contributed by atoms with Gasteiger partial charge in [-0.1, -0.05) is 32.9 Å². The van der Waals surface area contributed by atoms with E-state index in [1.54, 1.807) is 32.3 Å². The molecule has 2 saturated heterocycles. The largest absolute Gasteiger partial charge is 0.486 e. The number of likely N-dealkylation sites (tertiary alicyclic amines) is 1. The van der Waals surface area contributed by atoms with E-state index in [-0.39, 0.29) is 38.5 Å². The van der Waals surface area contributed by atoms with Crippen LogP contribution in [0.4, 0.5) is 14.5 Å². The number of pyridine rings is 1. The maximum absolute atomic E-state index is 15.2. The van der Waals surface area contributed by atoms with Crippen LogP contribution in [-0.2, 0) is 20.9 Å². The van der Waals surface area contributed by atoms with Crippen LogP contribution < -0.4 is 15.0 Å². The standard InChI is InChI=1S/C34H40F2N6O5S/c1-20-29(48-18-39-20)21-5-6-22(27(11-21)47-25-16-40(17-25)23-7-10-37-28(35)12-23)14-38-31(45)26-13-24(44)15-41(26)32(46)30(33(2,3)4)42(19-43)34(36)8-9-34/h5-7,10-12,18-19,24-26,30,44H,8-9,13-17H2,1-4H3,(H,38,45)/t24-,26+,30-/m1/s1. The normalized spacial score (nSPS) is 21.0. The summed E-state index contributed by atoms with van der Waals surface area (Å²) in [4.78, 5) is 52.8. The van der Waals surface area contributed by atoms with Gasteiger partial charge in [0.15, 0.2) is 5.79 Å². The second-order valence-electron chi connectivity index (χ2n) is 13.9. The van der Waals surface area contributed by atoms with Gasteiger partial charge in [0.05, 0.1) is 35.3 Å². The fourth-order valence-corrected chi connectivity index (χ4v) is 7.24. The molecule has 3 amide bonds. The first kappa shape index (κ1) is 33.7. The Kier molecular flexibility index (Phi) is 9.16. The number of aromatic nitrogens is 2. The van der Waals surface area contributed by atoms with Crippen LogP contribution in [0, 0.1) is 18.3 Å². The minimum atomic E-state index is -1.89. The summed E-state index contributed by atoms with van der Waals surface area (Å²) in [5.74, 6) is -2.93. The molecule has 2 aromatic heterocycles. The van der Waals surface area contributed by atoms with E-state index in [0.717, 1.165) is 21.0 Å². The highest BCUT2D eigenvalue weighted by Crippen LogP contribution is 2.46. The number of anilines is 1. The number of hydrogen-bond donors (Lipinski definition) is 2. The summed E-state index contributed by atoms with van der Waals surface area (Å²) in [6.45, 7) is 8.20. The number of ether oxygens (including phenoxy) is 1. The SMILES string of the molecule is Cc1ncsc1-c1ccc(CNC(=O)[C@@H]2C[C@@H](O)CN2C(=O)[C@@H](N(C=O)C2(F)CC2)C(C)(C)C)c(OC2CN(c3ccnc(F)c3)C2)c1. The fraction of sp³-hybridized carbons (Fsp3) is 0.500. The average molecular weight is 683 g/mol. The molecule has 0 unspecified atom stereocenters. The number of thiazole rings is 1. The minimum absolute atomic E-state index is 0.0107. The number of β-amino-alcohol motifs (C(OH)–C–C–N with tert-alkyl or cyclic N) is 1. The molecule has 2 N–H and O–H groups in total. The van der Waals surface area contributed by atoms with E-state index in [4.69, 9.17) is 4.74 Å². The number of aliphatic hydroxyl groups is 1. The van der Waals surface area contributed by atoms with Crippen LogP contribution in [0.15, 0.2) is 42.0 Å². The summed E-state index contributed by atoms with van der Waals surface area (Å²) in [6, 6.07) is 6.67. The Labute approximate surface area is 281 Å². The third-order valence-electron chi connectivity index (χ3n) is 9.18. The second-order valence-corrected chi connectivity index (χ2v) is 14.7. The number of aryl methyl sites for hydroxylation is 1. The number of nitrogens with zero attached hydrogens (tertiary/aromatic N) is 5. The number of carbonyl (C=O) groups excluding carboxylic acids is 3. The van der Waals surface area contributed by atoms with Gasteiger partial charge in [0.2, 0.25) is 24.2 Å². The van der Waals surface area contributed by atoms with Crippen molar-refractivity contribution in [3.63, 3.8) is 0 Å². The number of aliphatic hydroxyl groups excluding tert-OH is 1. The minimum Gasteiger partial charge on any atom is -0.486 e. The molecule has 6 rings (SSSR count). The number of halogens is 2. The highest BCUT2D eigenvalue weighted by molar-refractivity contribution is 7.13. The molecule has 0 spiro atoms. The first-order valence-electron chi connectivity index (χ1n) is 16.0. The number of rotatable bonds is 11. The van der Waals surface area contributed by atoms with Crippen LogP contribution in [0.1, 0.15) is 51.3 Å². The third kappa shape index (κ3) is 6.86. The van der Waals surface area contributed by atoms with Gasteiger partial charge in [0.25, 0.3) is 0 Å². The molecule has 48 heavy (non-hydrogen) atoms. The lowest BCUT2D eigenvalue weighted by Gasteiger charge is -2.41. The topological polar surface area (TPSA) is 128 Å². The summed E-state index contributed by atoms with van der Waals surface area (Å²) in [5.41, 5.74) is 4.15. The fourth-order valence-electron chi connectivity index (χ4n) is 6.44. The van der Waals surface area contributed by atoms with E-state index < -0.39 is 47.2 Å². The highest BCUT2D eigenvalue weighted by Gasteiger charge is 2.56. The van der Waals surface area contributed by atoms with Gasteiger partial charge in [-0.25, -0.2) is 14.4 Å². The van der Waals surface area contributed by atoms with Crippen LogP contribution in [0.3, 0.4) is 0 Å². The lowest BCUT2D eigenvalue weighted by atomic mass is 9.84. The van der Waals surface area contributed by atoms with Gasteiger partial charge in [-0.3, -0.25) is 19.3 Å². The predicted molar refractivity (Wildman–Crippen MR) is 175 cm³/mol. The van der Waals surface area contributed by atoms with Gasteiger partial charge < -0.3 is 25.0 Å². The van der Waals surface area contributed by atoms with Crippen LogP contribution in [0.5, 0.6) is 5.75 Å². The monoisotopic (exact) mass is 682 g/mol. The second kappa shape index (κ2) is 13.0. The Bertz CT molecular complexity index is 1690. The van der Waals surface area contributed by atoms with E-state index >= 15 is 4.39 Å². The molecule has 3 aromatic rings. The average Bonchev–Trinajstić information content (AvgIpc) is 3.40. The van der Waals surface area contributed by atoms with Crippen molar-refractivity contribution in [1.82, 2.24) is 25.1 Å². The molecule has 4 heterocycles. The molecule has 3 aliphatic rings. The van der Waals surface area contributed by atoms with Crippen LogP contribution in [0.2, 0.25) is 0 Å². The van der Waals surface area contributed by atoms with Gasteiger partial charge >= 0.3 is 0 Å². The van der Waals surface area contributed by atoms with E-state index in [2.05, 4.69) is 15.3 Å². The maximum atomic E-state index is 15.2. The molecule has 11 nitrogen and oxygen atoms in total. The molecular weight excluding hydrogens is 642 g/mol. The summed E-state index contributed by atoms with van der Waals surface area (Å²) in [5, 5.41) is 13.5. The van der Waals surface area contributed by atoms with Crippen molar-refractivity contribution in [1.29, 1.82) is 0 Å². The quantitative estimate of drug-likeness (QED) is 0.178. The Morgan fingerprint density at radius 3 is 2.58 bits per heavy atom. The number of benzene rings is 1. The van der Waals surface area contributed by atoms with Gasteiger partial charge in [0, 0.05) is 55.9 Å². The molecule has 3 fully saturated rings. The molecular formula is C34H40F2N6O5S. The van der Waals surface area contributed by atoms with Gasteiger partial charge in [-0.2, -0.15) is 4.39 Å². The van der Waals surface area contributed by atoms with Crippen LogP contribution in [0.25, 0.3) is 10.4 Å². The first-order chi connectivity index (χ1) is 22.8. The van der Waals surface area contributed by atoms with Crippen molar-refractivity contribution in [3.05, 3.63) is 59.2 Å². The molecule has 256 valence electrons. The molecule has 1 aliphatic carbocycles. The molecule has 14 heteroatoms. The van der Waals surface area contributed by atoms with Crippen LogP contribution >= 0.6 is 11.3 Å². The van der Waals surface area contributed by atoms with Crippen molar-refractivity contribution in [3.8, 4) is 16.2 Å². The number of nitrogens with one attached hydrogen (secondary N) is 1. The van der Waals surface area contributed by atoms with Crippen molar-refractivity contribution in [2.24, 2.45) is 5.41 Å². The Balaban J connectivity index is 1.18. The summed E-state index contributed by atoms with van der Waals surface area (Å²) in [6.07, 6.45) is 0.953. The van der Waals surface area contributed by atoms with E-state index in [1.807, 2.05) is 30.0 Å². The Morgan fingerprint density at radius 1 is 1.21 bits per heavy atom. The third-order valence-corrected chi connectivity index (χ3v) is 10.2. The van der Waals surface area contributed by atoms with E-state index in [1.165, 1.54) is 28.5 Å². The molecule has 2 aliphatic heterocycles. The van der Waals surface area contributed by atoms with Gasteiger partial charge in [-0.05, 0) is 30.0 Å². The number of hydrogen-bond acceptors (Lipinski definition) is 9. The summed E-state index contributed by atoms with van der Waals surface area (Å²) < 4.78 is 35.3. The molecule has 1 aromatic carbocycles. The molecule has 0 radical (unpaired) electrons. The van der Waals surface area contributed by atoms with E-state index in [0.29, 0.717) is 36.5 Å². The zero-order valence-corrected chi connectivity index (χ0v) is 28.2. The summed E-state index contributed by atoms with van der Waals surface area (Å²) in [7, 11) is 0. The molecule has 0 bridgehead atoms. The van der Waals surface area contributed by atoms with Crippen LogP contribution in [-0.4, -0.2) is 92.8 Å². The van der Waals surface area contributed by atoms with E-state index in [9.17, 15) is 23.9 Å². The summed E-state index contributed by atoms with van der Waals surface area (Å²) >= 11 is 1.51. The number of amides is 3. The van der Waals surface area contributed by atoms with Crippen molar-refractivity contribution in [2.75, 3.05) is 24.5 Å². The lowest BCUT2D eigenvalue weighted by Crippen LogP contribution is -2.59. The van der Waals surface area contributed by atoms with Crippen molar-refractivity contribution >= 4 is 35.2 Å². The Morgan fingerprint density at radius 2 is 1.96 bits per heavy atom. The van der Waals surface area contributed by atoms with Crippen molar-refractivity contribution in [2.45, 2.75) is 83.6 Å². The predicted octanol–water partition coefficient (Wildman–Crippen LogP) is 3.83. The number of carbonyl (C=O) groups is 3. The lowest BCUT2D eigenvalue weighted by molar-refractivity contribution is -0.155. The number of alkyl halides is 1. The van der Waals surface area contributed by atoms with Gasteiger partial charge in [-0.15, -0.1) is 11.3 Å². The highest BCUT2D eigenvalue weighted by atomic mass is 32.1. The molecule has 1 saturated carbocycles. The Hall–Kier alpha value is -4.17. The smallest absolute Gasteiger partial charge is 0.246 e. The van der Waals surface area contributed by atoms with Gasteiger partial charge in [0.1, 0.15) is 23.9 Å². The maximum Gasteiger partial charge on any atom is 0.246 e.